The molecule has 0 aliphatic carbocycles. The van der Waals surface area contributed by atoms with Crippen LogP contribution < -0.4 is 17.7 Å². The zero-order valence-electron chi connectivity index (χ0n) is 11.8. The van der Waals surface area contributed by atoms with Gasteiger partial charge in [-0.1, -0.05) is 58.3 Å². The fraction of sp³-hybridized carbons (Fsp3) is 1.00. The molecule has 17 heavy (non-hydrogen) atoms. The first-order valence-corrected chi connectivity index (χ1v) is 7.28. The van der Waals surface area contributed by atoms with Crippen LogP contribution in [-0.2, 0) is 0 Å². The van der Waals surface area contributed by atoms with Crippen LogP contribution in [-0.4, -0.2) is 17.9 Å². The summed E-state index contributed by atoms with van der Waals surface area (Å²) in [7, 11) is 0. The predicted octanol–water partition coefficient (Wildman–Crippen LogP) is -0.187. The highest BCUT2D eigenvalue weighted by molar-refractivity contribution is 4.46. The van der Waals surface area contributed by atoms with Crippen LogP contribution in [0.1, 0.15) is 78.1 Å². The summed E-state index contributed by atoms with van der Waals surface area (Å²) in [4.78, 5) is 0. The van der Waals surface area contributed by atoms with E-state index in [-0.39, 0.29) is 18.6 Å². The SMILES string of the molecule is CCCCCCCCCCCC[NH2+]C(C)O.[Cl-]. The number of nitrogens with two attached hydrogens (primary N) is 1. The Balaban J connectivity index is 0. The predicted molar refractivity (Wildman–Crippen MR) is 70.3 cm³/mol. The van der Waals surface area contributed by atoms with Crippen molar-refractivity contribution >= 4 is 0 Å². The molecule has 0 heterocycles. The van der Waals surface area contributed by atoms with Gasteiger partial charge < -0.3 is 22.8 Å². The maximum absolute atomic E-state index is 9.04. The van der Waals surface area contributed by atoms with E-state index in [1.165, 1.54) is 64.2 Å². The lowest BCUT2D eigenvalue weighted by Crippen LogP contribution is -3.00. The molecule has 0 aliphatic rings. The summed E-state index contributed by atoms with van der Waals surface area (Å²) in [6.45, 7) is 5.18. The van der Waals surface area contributed by atoms with E-state index in [4.69, 9.17) is 5.11 Å². The number of hydrogen-bond donors (Lipinski definition) is 2. The highest BCUT2D eigenvalue weighted by Gasteiger charge is 1.97. The van der Waals surface area contributed by atoms with Crippen molar-refractivity contribution in [3.63, 3.8) is 0 Å². The number of aliphatic hydroxyl groups excluding tert-OH is 1. The van der Waals surface area contributed by atoms with Gasteiger partial charge in [0, 0.05) is 6.92 Å². The van der Waals surface area contributed by atoms with Crippen molar-refractivity contribution in [1.29, 1.82) is 0 Å². The molecule has 0 rings (SSSR count). The van der Waals surface area contributed by atoms with Crippen LogP contribution in [0.5, 0.6) is 0 Å². The second-order valence-corrected chi connectivity index (χ2v) is 4.95. The molecule has 0 saturated heterocycles. The van der Waals surface area contributed by atoms with E-state index in [1.54, 1.807) is 0 Å². The second-order valence-electron chi connectivity index (χ2n) is 4.95. The lowest BCUT2D eigenvalue weighted by Gasteiger charge is -2.04. The van der Waals surface area contributed by atoms with Gasteiger partial charge in [0.25, 0.3) is 0 Å². The fourth-order valence-electron chi connectivity index (χ4n) is 1.99. The van der Waals surface area contributed by atoms with Gasteiger partial charge in [-0.05, 0) is 12.8 Å². The molecule has 1 atom stereocenters. The van der Waals surface area contributed by atoms with Crippen molar-refractivity contribution < 1.29 is 22.8 Å². The van der Waals surface area contributed by atoms with E-state index in [0.29, 0.717) is 0 Å². The standard InChI is InChI=1S/C14H31NO.ClH/c1-3-4-5-6-7-8-9-10-11-12-13-15-14(2)16;/h14-16H,3-13H2,1-2H3;1H. The minimum absolute atomic E-state index is 0. The van der Waals surface area contributed by atoms with Crippen LogP contribution in [0.15, 0.2) is 0 Å². The average molecular weight is 266 g/mol. The lowest BCUT2D eigenvalue weighted by molar-refractivity contribution is -0.720. The van der Waals surface area contributed by atoms with Gasteiger partial charge in [-0.25, -0.2) is 0 Å². The van der Waals surface area contributed by atoms with E-state index in [1.807, 2.05) is 12.2 Å². The Labute approximate surface area is 114 Å². The molecule has 0 fully saturated rings. The van der Waals surface area contributed by atoms with Gasteiger partial charge in [0.1, 0.15) is 0 Å². The Bertz CT molecular complexity index is 131. The van der Waals surface area contributed by atoms with Crippen molar-refractivity contribution in [3.05, 3.63) is 0 Å². The number of aliphatic hydroxyl groups is 1. The number of rotatable bonds is 12. The molecule has 0 radical (unpaired) electrons. The maximum atomic E-state index is 9.04. The van der Waals surface area contributed by atoms with Crippen LogP contribution in [0.4, 0.5) is 0 Å². The summed E-state index contributed by atoms with van der Waals surface area (Å²) in [5.41, 5.74) is 0. The van der Waals surface area contributed by atoms with E-state index in [9.17, 15) is 0 Å². The van der Waals surface area contributed by atoms with Crippen LogP contribution >= 0.6 is 0 Å². The first-order valence-electron chi connectivity index (χ1n) is 7.28. The molecule has 0 aromatic rings. The van der Waals surface area contributed by atoms with Crippen molar-refractivity contribution in [2.45, 2.75) is 84.3 Å². The molecule has 0 saturated carbocycles. The molecule has 3 N–H and O–H groups in total. The molecule has 0 aromatic carbocycles. The Morgan fingerprint density at radius 3 is 1.65 bits per heavy atom. The molecular formula is C14H32ClNO. The van der Waals surface area contributed by atoms with Gasteiger partial charge in [0.15, 0.2) is 6.23 Å². The van der Waals surface area contributed by atoms with Gasteiger partial charge in [0.05, 0.1) is 6.54 Å². The van der Waals surface area contributed by atoms with Crippen molar-refractivity contribution in [1.82, 2.24) is 0 Å². The van der Waals surface area contributed by atoms with Gasteiger partial charge in [0.2, 0.25) is 0 Å². The summed E-state index contributed by atoms with van der Waals surface area (Å²) in [5, 5.41) is 11.0. The average Bonchev–Trinajstić information content (AvgIpc) is 2.25. The summed E-state index contributed by atoms with van der Waals surface area (Å²) in [6.07, 6.45) is 13.6. The Hall–Kier alpha value is 0.210. The molecule has 0 spiro atoms. The van der Waals surface area contributed by atoms with Crippen molar-refractivity contribution in [2.75, 3.05) is 6.54 Å². The molecular weight excluding hydrogens is 234 g/mol. The first kappa shape index (κ1) is 19.5. The number of quaternary nitrogens is 1. The van der Waals surface area contributed by atoms with Gasteiger partial charge in [-0.3, -0.25) is 0 Å². The molecule has 0 amide bonds. The van der Waals surface area contributed by atoms with E-state index in [2.05, 4.69) is 6.92 Å². The summed E-state index contributed by atoms with van der Waals surface area (Å²) < 4.78 is 0. The number of unbranched alkanes of at least 4 members (excludes halogenated alkanes) is 9. The smallest absolute Gasteiger partial charge is 0.184 e. The van der Waals surface area contributed by atoms with Crippen molar-refractivity contribution in [2.24, 2.45) is 0 Å². The van der Waals surface area contributed by atoms with Crippen LogP contribution in [0, 0.1) is 0 Å². The molecule has 0 aromatic heterocycles. The zero-order chi connectivity index (χ0) is 12.1. The van der Waals surface area contributed by atoms with E-state index in [0.717, 1.165) is 6.54 Å². The third kappa shape index (κ3) is 18.8. The van der Waals surface area contributed by atoms with Crippen LogP contribution in [0.2, 0.25) is 0 Å². The second kappa shape index (κ2) is 16.2. The Morgan fingerprint density at radius 2 is 1.24 bits per heavy atom. The molecule has 0 bridgehead atoms. The van der Waals surface area contributed by atoms with E-state index >= 15 is 0 Å². The Kier molecular flexibility index (Phi) is 18.6. The molecule has 106 valence electrons. The van der Waals surface area contributed by atoms with Crippen molar-refractivity contribution in [3.8, 4) is 0 Å². The van der Waals surface area contributed by atoms with Gasteiger partial charge in [-0.15, -0.1) is 0 Å². The van der Waals surface area contributed by atoms with Crippen LogP contribution in [0.3, 0.4) is 0 Å². The quantitative estimate of drug-likeness (QED) is 0.373. The van der Waals surface area contributed by atoms with E-state index < -0.39 is 0 Å². The highest BCUT2D eigenvalue weighted by Crippen LogP contribution is 2.09. The highest BCUT2D eigenvalue weighted by atomic mass is 35.5. The number of hydrogen-bond acceptors (Lipinski definition) is 1. The summed E-state index contributed by atoms with van der Waals surface area (Å²) >= 11 is 0. The first-order chi connectivity index (χ1) is 7.77. The minimum Gasteiger partial charge on any atom is -1.00 e. The molecule has 2 nitrogen and oxygen atoms in total. The molecule has 3 heteroatoms. The normalized spacial score (nSPS) is 12.2. The largest absolute Gasteiger partial charge is 1.00 e. The molecule has 0 aliphatic heterocycles. The zero-order valence-corrected chi connectivity index (χ0v) is 12.5. The third-order valence-corrected chi connectivity index (χ3v) is 3.07. The molecule has 1 unspecified atom stereocenters. The monoisotopic (exact) mass is 265 g/mol. The maximum Gasteiger partial charge on any atom is 0.184 e. The van der Waals surface area contributed by atoms with Crippen LogP contribution in [0.25, 0.3) is 0 Å². The minimum atomic E-state index is -0.224. The third-order valence-electron chi connectivity index (χ3n) is 3.07. The summed E-state index contributed by atoms with van der Waals surface area (Å²) in [6, 6.07) is 0. The fourth-order valence-corrected chi connectivity index (χ4v) is 1.99. The summed E-state index contributed by atoms with van der Waals surface area (Å²) in [5.74, 6) is 0. The topological polar surface area (TPSA) is 36.8 Å². The Morgan fingerprint density at radius 1 is 0.824 bits per heavy atom. The number of halogens is 1. The van der Waals surface area contributed by atoms with Gasteiger partial charge in [-0.2, -0.15) is 0 Å². The lowest BCUT2D eigenvalue weighted by atomic mass is 10.1. The van der Waals surface area contributed by atoms with Gasteiger partial charge >= 0.3 is 0 Å².